The van der Waals surface area contributed by atoms with E-state index in [0.29, 0.717) is 13.1 Å². The van der Waals surface area contributed by atoms with Gasteiger partial charge in [0.05, 0.1) is 0 Å². The minimum Gasteiger partial charge on any atom is -0.482 e. The van der Waals surface area contributed by atoms with E-state index in [9.17, 15) is 13.2 Å². The predicted molar refractivity (Wildman–Crippen MR) is 78.8 cm³/mol. The molecule has 2 N–H and O–H groups in total. The summed E-state index contributed by atoms with van der Waals surface area (Å²) in [5.74, 6) is -0.128. The normalized spacial score (nSPS) is 15.8. The first-order valence-corrected chi connectivity index (χ1v) is 8.53. The van der Waals surface area contributed by atoms with Crippen LogP contribution >= 0.6 is 11.6 Å². The molecule has 0 radical (unpaired) electrons. The number of primary sulfonamides is 1. The highest BCUT2D eigenvalue weighted by atomic mass is 35.5. The number of hydrogen-bond acceptors (Lipinski definition) is 4. The number of ether oxygens (including phenoxy) is 1. The van der Waals surface area contributed by atoms with Crippen molar-refractivity contribution < 1.29 is 17.9 Å². The fourth-order valence-corrected chi connectivity index (χ4v) is 3.13. The van der Waals surface area contributed by atoms with Gasteiger partial charge in [-0.2, -0.15) is 0 Å². The Morgan fingerprint density at radius 1 is 1.29 bits per heavy atom. The SMILES string of the molecule is NS(=O)(=O)c1cc(Cl)ccc1OCC(=O)N1CCCCC1. The molecule has 1 aliphatic heterocycles. The fourth-order valence-electron chi connectivity index (χ4n) is 2.20. The molecule has 1 amide bonds. The molecular weight excluding hydrogens is 316 g/mol. The van der Waals surface area contributed by atoms with Crippen LogP contribution < -0.4 is 9.88 Å². The molecule has 1 saturated heterocycles. The van der Waals surface area contributed by atoms with E-state index in [2.05, 4.69) is 0 Å². The zero-order chi connectivity index (χ0) is 15.5. The highest BCUT2D eigenvalue weighted by Gasteiger charge is 2.20. The van der Waals surface area contributed by atoms with Crippen LogP contribution in [-0.2, 0) is 14.8 Å². The quantitative estimate of drug-likeness (QED) is 0.902. The molecule has 0 spiro atoms. The van der Waals surface area contributed by atoms with Gasteiger partial charge in [-0.1, -0.05) is 11.6 Å². The first-order chi connectivity index (χ1) is 9.88. The summed E-state index contributed by atoms with van der Waals surface area (Å²) < 4.78 is 28.3. The average Bonchev–Trinajstić information content (AvgIpc) is 2.45. The van der Waals surface area contributed by atoms with Gasteiger partial charge >= 0.3 is 0 Å². The van der Waals surface area contributed by atoms with E-state index in [0.717, 1.165) is 19.3 Å². The minimum atomic E-state index is -3.96. The van der Waals surface area contributed by atoms with Gasteiger partial charge in [-0.15, -0.1) is 0 Å². The first kappa shape index (κ1) is 16.1. The fraction of sp³-hybridized carbons (Fsp3) is 0.462. The van der Waals surface area contributed by atoms with E-state index < -0.39 is 10.0 Å². The minimum absolute atomic E-state index is 0.0345. The lowest BCUT2D eigenvalue weighted by molar-refractivity contribution is -0.134. The molecular formula is C13H17ClN2O4S. The third-order valence-corrected chi connectivity index (χ3v) is 4.44. The molecule has 6 nitrogen and oxygen atoms in total. The van der Waals surface area contributed by atoms with Crippen molar-refractivity contribution in [2.45, 2.75) is 24.2 Å². The molecule has 0 saturated carbocycles. The largest absolute Gasteiger partial charge is 0.482 e. The number of carbonyl (C=O) groups is 1. The molecule has 1 heterocycles. The lowest BCUT2D eigenvalue weighted by Gasteiger charge is -2.26. The number of carbonyl (C=O) groups excluding carboxylic acids is 1. The van der Waals surface area contributed by atoms with Crippen LogP contribution in [-0.4, -0.2) is 38.9 Å². The standard InChI is InChI=1S/C13H17ClN2O4S/c14-10-4-5-11(12(8-10)21(15,18)19)20-9-13(17)16-6-2-1-3-7-16/h4-5,8H,1-3,6-7,9H2,(H2,15,18,19). The Morgan fingerprint density at radius 2 is 1.95 bits per heavy atom. The van der Waals surface area contributed by atoms with Gasteiger partial charge in [0.2, 0.25) is 10.0 Å². The summed E-state index contributed by atoms with van der Waals surface area (Å²) in [7, 11) is -3.96. The molecule has 0 aliphatic carbocycles. The number of piperidine rings is 1. The molecule has 1 fully saturated rings. The van der Waals surface area contributed by atoms with Crippen LogP contribution in [0.2, 0.25) is 5.02 Å². The van der Waals surface area contributed by atoms with Crippen molar-refractivity contribution in [3.05, 3.63) is 23.2 Å². The van der Waals surface area contributed by atoms with Crippen molar-refractivity contribution in [2.75, 3.05) is 19.7 Å². The summed E-state index contributed by atoms with van der Waals surface area (Å²) >= 11 is 5.76. The number of amides is 1. The third kappa shape index (κ3) is 4.33. The van der Waals surface area contributed by atoms with Crippen molar-refractivity contribution >= 4 is 27.5 Å². The molecule has 0 atom stereocenters. The van der Waals surface area contributed by atoms with E-state index in [1.165, 1.54) is 18.2 Å². The average molecular weight is 333 g/mol. The van der Waals surface area contributed by atoms with Gasteiger partial charge in [0.1, 0.15) is 10.6 Å². The molecule has 21 heavy (non-hydrogen) atoms. The van der Waals surface area contributed by atoms with Crippen molar-refractivity contribution in [1.82, 2.24) is 4.90 Å². The Balaban J connectivity index is 2.08. The Kier molecular flexibility index (Phi) is 5.08. The smallest absolute Gasteiger partial charge is 0.260 e. The number of nitrogens with two attached hydrogens (primary N) is 1. The van der Waals surface area contributed by atoms with Crippen molar-refractivity contribution in [1.29, 1.82) is 0 Å². The summed E-state index contributed by atoms with van der Waals surface area (Å²) in [6.45, 7) is 1.21. The zero-order valence-electron chi connectivity index (χ0n) is 11.4. The van der Waals surface area contributed by atoms with Crippen LogP contribution in [0.1, 0.15) is 19.3 Å². The van der Waals surface area contributed by atoms with Gasteiger partial charge < -0.3 is 9.64 Å². The summed E-state index contributed by atoms with van der Waals surface area (Å²) in [6, 6.07) is 4.08. The molecule has 0 unspecified atom stereocenters. The topological polar surface area (TPSA) is 89.7 Å². The monoisotopic (exact) mass is 332 g/mol. The lowest BCUT2D eigenvalue weighted by atomic mass is 10.1. The molecule has 2 rings (SSSR count). The molecule has 116 valence electrons. The van der Waals surface area contributed by atoms with Crippen molar-refractivity contribution in [3.63, 3.8) is 0 Å². The Bertz CT molecular complexity index is 627. The lowest BCUT2D eigenvalue weighted by Crippen LogP contribution is -2.38. The first-order valence-electron chi connectivity index (χ1n) is 6.61. The van der Waals surface area contributed by atoms with Crippen molar-refractivity contribution in [3.8, 4) is 5.75 Å². The zero-order valence-corrected chi connectivity index (χ0v) is 13.0. The third-order valence-electron chi connectivity index (χ3n) is 3.27. The van der Waals surface area contributed by atoms with Crippen LogP contribution in [0.3, 0.4) is 0 Å². The number of sulfonamides is 1. The van der Waals surface area contributed by atoms with E-state index in [1.807, 2.05) is 0 Å². The Hall–Kier alpha value is -1.31. The summed E-state index contributed by atoms with van der Waals surface area (Å²) in [4.78, 5) is 13.5. The molecule has 1 aromatic carbocycles. The van der Waals surface area contributed by atoms with E-state index in [-0.39, 0.29) is 28.2 Å². The van der Waals surface area contributed by atoms with E-state index in [4.69, 9.17) is 21.5 Å². The second-order valence-corrected chi connectivity index (χ2v) is 6.83. The number of benzene rings is 1. The molecule has 8 heteroatoms. The predicted octanol–water partition coefficient (Wildman–Crippen LogP) is 1.38. The Labute approximate surface area is 128 Å². The number of hydrogen-bond donors (Lipinski definition) is 1. The Morgan fingerprint density at radius 3 is 2.57 bits per heavy atom. The van der Waals surface area contributed by atoms with E-state index in [1.54, 1.807) is 4.90 Å². The van der Waals surface area contributed by atoms with Crippen LogP contribution in [0.25, 0.3) is 0 Å². The summed E-state index contributed by atoms with van der Waals surface area (Å²) in [5.41, 5.74) is 0. The van der Waals surface area contributed by atoms with Gasteiger partial charge in [0, 0.05) is 18.1 Å². The van der Waals surface area contributed by atoms with Crippen LogP contribution in [0.5, 0.6) is 5.75 Å². The molecule has 1 aliphatic rings. The second-order valence-electron chi connectivity index (χ2n) is 4.87. The maximum atomic E-state index is 12.0. The van der Waals surface area contributed by atoms with Crippen molar-refractivity contribution in [2.24, 2.45) is 5.14 Å². The van der Waals surface area contributed by atoms with E-state index >= 15 is 0 Å². The van der Waals surface area contributed by atoms with Crippen LogP contribution in [0.4, 0.5) is 0 Å². The number of nitrogens with zero attached hydrogens (tertiary/aromatic N) is 1. The molecule has 0 aromatic heterocycles. The molecule has 0 bridgehead atoms. The molecule has 1 aromatic rings. The number of halogens is 1. The maximum Gasteiger partial charge on any atom is 0.260 e. The number of likely N-dealkylation sites (tertiary alicyclic amines) is 1. The van der Waals surface area contributed by atoms with Crippen LogP contribution in [0, 0.1) is 0 Å². The van der Waals surface area contributed by atoms with Gasteiger partial charge in [0.25, 0.3) is 5.91 Å². The second kappa shape index (κ2) is 6.64. The highest BCUT2D eigenvalue weighted by molar-refractivity contribution is 7.89. The highest BCUT2D eigenvalue weighted by Crippen LogP contribution is 2.26. The van der Waals surface area contributed by atoms with Gasteiger partial charge in [-0.05, 0) is 37.5 Å². The maximum absolute atomic E-state index is 12.0. The number of rotatable bonds is 4. The van der Waals surface area contributed by atoms with Gasteiger partial charge in [-0.25, -0.2) is 13.6 Å². The summed E-state index contributed by atoms with van der Waals surface area (Å²) in [5, 5.41) is 5.34. The van der Waals surface area contributed by atoms with Gasteiger partial charge in [-0.3, -0.25) is 4.79 Å². The summed E-state index contributed by atoms with van der Waals surface area (Å²) in [6.07, 6.45) is 3.08. The van der Waals surface area contributed by atoms with Gasteiger partial charge in [0.15, 0.2) is 6.61 Å². The van der Waals surface area contributed by atoms with Crippen LogP contribution in [0.15, 0.2) is 23.1 Å².